The number of benzene rings is 1. The summed E-state index contributed by atoms with van der Waals surface area (Å²) in [5.74, 6) is 2.74. The van der Waals surface area contributed by atoms with Crippen molar-refractivity contribution >= 4 is 17.0 Å². The van der Waals surface area contributed by atoms with Gasteiger partial charge >= 0.3 is 5.97 Å². The van der Waals surface area contributed by atoms with Crippen molar-refractivity contribution in [3.8, 4) is 0 Å². The van der Waals surface area contributed by atoms with Gasteiger partial charge in [-0.2, -0.15) is 0 Å². The molecule has 21 heavy (non-hydrogen) atoms. The highest BCUT2D eigenvalue weighted by molar-refractivity contribution is 6.01. The second kappa shape index (κ2) is 3.64. The number of H-pyrrole nitrogens is 1. The van der Waals surface area contributed by atoms with Crippen molar-refractivity contribution in [2.45, 2.75) is 25.2 Å². The molecule has 0 spiro atoms. The van der Waals surface area contributed by atoms with E-state index in [2.05, 4.69) is 9.97 Å². The van der Waals surface area contributed by atoms with Crippen LogP contribution in [0.3, 0.4) is 0 Å². The van der Waals surface area contributed by atoms with Crippen LogP contribution in [0.1, 0.15) is 41.4 Å². The number of hydrogen-bond acceptors (Lipinski definition) is 2. The quantitative estimate of drug-likeness (QED) is 0.891. The minimum absolute atomic E-state index is 0.0544. The van der Waals surface area contributed by atoms with E-state index >= 15 is 0 Å². The Kier molecular flexibility index (Phi) is 2.03. The van der Waals surface area contributed by atoms with Crippen molar-refractivity contribution in [2.24, 2.45) is 23.7 Å². The number of aromatic amines is 1. The summed E-state index contributed by atoms with van der Waals surface area (Å²) < 4.78 is 13.5. The van der Waals surface area contributed by atoms with Gasteiger partial charge in [0.15, 0.2) is 0 Å². The first-order valence-corrected chi connectivity index (χ1v) is 7.56. The number of imidazole rings is 1. The summed E-state index contributed by atoms with van der Waals surface area (Å²) in [6, 6.07) is 2.39. The minimum Gasteiger partial charge on any atom is -0.478 e. The van der Waals surface area contributed by atoms with Crippen LogP contribution >= 0.6 is 0 Å². The van der Waals surface area contributed by atoms with Crippen LogP contribution < -0.4 is 0 Å². The van der Waals surface area contributed by atoms with Crippen LogP contribution in [0.2, 0.25) is 0 Å². The van der Waals surface area contributed by atoms with Crippen molar-refractivity contribution in [3.63, 3.8) is 0 Å². The summed E-state index contributed by atoms with van der Waals surface area (Å²) in [6.07, 6.45) is 4.02. The maximum Gasteiger partial charge on any atom is 0.338 e. The molecule has 2 aromatic rings. The van der Waals surface area contributed by atoms with Gasteiger partial charge in [0, 0.05) is 5.92 Å². The van der Waals surface area contributed by atoms with Gasteiger partial charge in [-0.3, -0.25) is 0 Å². The number of aromatic carboxylic acids is 1. The summed E-state index contributed by atoms with van der Waals surface area (Å²) in [5, 5.41) is 9.21. The second-order valence-electron chi connectivity index (χ2n) is 6.79. The molecule has 2 bridgehead atoms. The van der Waals surface area contributed by atoms with Gasteiger partial charge in [-0.05, 0) is 55.1 Å². The van der Waals surface area contributed by atoms with Gasteiger partial charge in [-0.1, -0.05) is 0 Å². The van der Waals surface area contributed by atoms with Crippen molar-refractivity contribution in [1.82, 2.24) is 9.97 Å². The Morgan fingerprint density at radius 1 is 1.29 bits per heavy atom. The highest BCUT2D eigenvalue weighted by Gasteiger charge is 2.66. The summed E-state index contributed by atoms with van der Waals surface area (Å²) in [7, 11) is 0. The summed E-state index contributed by atoms with van der Waals surface area (Å²) in [5.41, 5.74) is 0.831. The van der Waals surface area contributed by atoms with Gasteiger partial charge < -0.3 is 10.1 Å². The lowest BCUT2D eigenvalue weighted by atomic mass is 10.0. The number of halogens is 1. The average molecular weight is 286 g/mol. The first-order chi connectivity index (χ1) is 10.1. The van der Waals surface area contributed by atoms with E-state index in [1.54, 1.807) is 0 Å². The molecule has 2 N–H and O–H groups in total. The monoisotopic (exact) mass is 286 g/mol. The van der Waals surface area contributed by atoms with Gasteiger partial charge in [-0.25, -0.2) is 14.2 Å². The van der Waals surface area contributed by atoms with Crippen molar-refractivity contribution in [3.05, 3.63) is 29.3 Å². The third kappa shape index (κ3) is 1.44. The van der Waals surface area contributed by atoms with E-state index in [1.807, 2.05) is 0 Å². The predicted octanol–water partition coefficient (Wildman–Crippen LogP) is 3.16. The SMILES string of the molecule is O=C(O)c1cc(F)cc2[nH]c(C3C4C5CCC(C5)C34)nc12. The van der Waals surface area contributed by atoms with E-state index in [-0.39, 0.29) is 5.56 Å². The molecule has 4 nitrogen and oxygen atoms in total. The third-order valence-electron chi connectivity index (χ3n) is 5.85. The van der Waals surface area contributed by atoms with Gasteiger partial charge in [0.05, 0.1) is 11.1 Å². The molecule has 4 atom stereocenters. The van der Waals surface area contributed by atoms with Crippen LogP contribution in [0.4, 0.5) is 4.39 Å². The lowest BCUT2D eigenvalue weighted by Crippen LogP contribution is -1.99. The number of carboxylic acids is 1. The maximum absolute atomic E-state index is 13.5. The molecule has 108 valence electrons. The molecule has 0 amide bonds. The number of hydrogen-bond donors (Lipinski definition) is 2. The molecule has 3 aliphatic carbocycles. The standard InChI is InChI=1S/C16H15FN2O2/c17-8-4-9(16(20)21)14-10(5-8)18-15(19-14)13-11-6-1-2-7(3-6)12(11)13/h4-7,11-13H,1-3H2,(H,18,19)(H,20,21). The fourth-order valence-electron chi connectivity index (χ4n) is 5.11. The number of nitrogens with one attached hydrogen (secondary N) is 1. The highest BCUT2D eigenvalue weighted by atomic mass is 19.1. The molecular weight excluding hydrogens is 271 g/mol. The Morgan fingerprint density at radius 3 is 2.67 bits per heavy atom. The zero-order valence-electron chi connectivity index (χ0n) is 11.3. The van der Waals surface area contributed by atoms with Crippen molar-refractivity contribution in [2.75, 3.05) is 0 Å². The predicted molar refractivity (Wildman–Crippen MR) is 73.6 cm³/mol. The molecular formula is C16H15FN2O2. The number of carbonyl (C=O) groups is 1. The van der Waals surface area contributed by atoms with Gasteiger partial charge in [0.1, 0.15) is 17.2 Å². The van der Waals surface area contributed by atoms with E-state index in [9.17, 15) is 14.3 Å². The molecule has 5 heteroatoms. The Balaban J connectivity index is 1.60. The fourth-order valence-corrected chi connectivity index (χ4v) is 5.11. The summed E-state index contributed by atoms with van der Waals surface area (Å²) in [4.78, 5) is 18.9. The zero-order valence-corrected chi connectivity index (χ0v) is 11.3. The first-order valence-electron chi connectivity index (χ1n) is 7.56. The number of aromatic nitrogens is 2. The molecule has 0 radical (unpaired) electrons. The van der Waals surface area contributed by atoms with Crippen molar-refractivity contribution in [1.29, 1.82) is 0 Å². The molecule has 0 saturated heterocycles. The van der Waals surface area contributed by atoms with Crippen LogP contribution in [-0.4, -0.2) is 21.0 Å². The molecule has 1 aromatic heterocycles. The van der Waals surface area contributed by atoms with Gasteiger partial charge in [0.25, 0.3) is 0 Å². The summed E-state index contributed by atoms with van der Waals surface area (Å²) >= 11 is 0. The van der Waals surface area contributed by atoms with Crippen LogP contribution in [-0.2, 0) is 0 Å². The van der Waals surface area contributed by atoms with Crippen molar-refractivity contribution < 1.29 is 14.3 Å². The zero-order chi connectivity index (χ0) is 14.3. The van der Waals surface area contributed by atoms with Crippen LogP contribution in [0.25, 0.3) is 11.0 Å². The van der Waals surface area contributed by atoms with Gasteiger partial charge in [-0.15, -0.1) is 0 Å². The Morgan fingerprint density at radius 2 is 2.00 bits per heavy atom. The second-order valence-corrected chi connectivity index (χ2v) is 6.79. The number of nitrogens with zero attached hydrogens (tertiary/aromatic N) is 1. The molecule has 3 saturated carbocycles. The number of rotatable bonds is 2. The van der Waals surface area contributed by atoms with Crippen LogP contribution in [0.5, 0.6) is 0 Å². The topological polar surface area (TPSA) is 66.0 Å². The molecule has 3 fully saturated rings. The normalized spacial score (nSPS) is 36.1. The molecule has 5 rings (SSSR count). The number of carboxylic acid groups (broad SMARTS) is 1. The Labute approximate surface area is 120 Å². The molecule has 1 aromatic carbocycles. The minimum atomic E-state index is -1.13. The van der Waals surface area contributed by atoms with Crippen LogP contribution in [0, 0.1) is 29.5 Å². The average Bonchev–Trinajstić information content (AvgIpc) is 2.80. The van der Waals surface area contributed by atoms with E-state index in [0.717, 1.165) is 35.6 Å². The Hall–Kier alpha value is -1.91. The highest BCUT2D eigenvalue weighted by Crippen LogP contribution is 2.72. The van der Waals surface area contributed by atoms with Gasteiger partial charge in [0.2, 0.25) is 0 Å². The van der Waals surface area contributed by atoms with E-state index in [4.69, 9.17) is 0 Å². The van der Waals surface area contributed by atoms with E-state index < -0.39 is 11.8 Å². The van der Waals surface area contributed by atoms with E-state index in [0.29, 0.717) is 17.0 Å². The van der Waals surface area contributed by atoms with Crippen LogP contribution in [0.15, 0.2) is 12.1 Å². The fraction of sp³-hybridized carbons (Fsp3) is 0.500. The first kappa shape index (κ1) is 11.7. The summed E-state index contributed by atoms with van der Waals surface area (Å²) in [6.45, 7) is 0. The third-order valence-corrected chi connectivity index (χ3v) is 5.85. The maximum atomic E-state index is 13.5. The Bertz CT molecular complexity index is 768. The number of fused-ring (bicyclic) bond motifs is 6. The molecule has 0 aliphatic heterocycles. The lowest BCUT2D eigenvalue weighted by molar-refractivity contribution is 0.0698. The molecule has 4 unspecified atom stereocenters. The van der Waals surface area contributed by atoms with E-state index in [1.165, 1.54) is 25.3 Å². The molecule has 1 heterocycles. The lowest BCUT2D eigenvalue weighted by Gasteiger charge is -2.05. The largest absolute Gasteiger partial charge is 0.478 e. The smallest absolute Gasteiger partial charge is 0.338 e. The molecule has 3 aliphatic rings.